The van der Waals surface area contributed by atoms with E-state index >= 15 is 0 Å². The van der Waals surface area contributed by atoms with Crippen LogP contribution in [0.2, 0.25) is 22.2 Å². The Morgan fingerprint density at radius 1 is 0.318 bits per heavy atom. The molecule has 0 N–H and O–H groups in total. The van der Waals surface area contributed by atoms with Crippen LogP contribution in [0.25, 0.3) is 0 Å². The van der Waals surface area contributed by atoms with Crippen LogP contribution in [-0.2, 0) is 0 Å². The Balaban J connectivity index is 2.22. The lowest BCUT2D eigenvalue weighted by atomic mass is 10.4. The van der Waals surface area contributed by atoms with Gasteiger partial charge >= 0.3 is 0 Å². The van der Waals surface area contributed by atoms with E-state index in [1.165, 1.54) is 25.7 Å². The molecule has 0 bridgehead atoms. The van der Waals surface area contributed by atoms with E-state index in [2.05, 4.69) is 177 Å². The molecule has 1 aliphatic heterocycles. The van der Waals surface area contributed by atoms with Crippen molar-refractivity contribution >= 4 is 49.2 Å². The zero-order chi connectivity index (χ0) is 31.6. The van der Waals surface area contributed by atoms with Crippen molar-refractivity contribution in [2.24, 2.45) is 0 Å². The van der Waals surface area contributed by atoms with Gasteiger partial charge in [-0.2, -0.15) is 0 Å². The van der Waals surface area contributed by atoms with Gasteiger partial charge in [-0.25, -0.2) is 0 Å². The van der Waals surface area contributed by atoms with Crippen molar-refractivity contribution in [1.29, 1.82) is 0 Å². The third-order valence-electron chi connectivity index (χ3n) is 12.8. The van der Waals surface area contributed by atoms with Crippen molar-refractivity contribution in [3.8, 4) is 0 Å². The van der Waals surface area contributed by atoms with Crippen LogP contribution in [0, 0.1) is 0 Å². The number of rotatable bonds is 12. The molecule has 0 nitrogen and oxygen atoms in total. The van der Waals surface area contributed by atoms with Crippen molar-refractivity contribution in [3.05, 3.63) is 121 Å². The maximum absolute atomic E-state index is 2.75. The first kappa shape index (κ1) is 33.1. The van der Waals surface area contributed by atoms with E-state index in [9.17, 15) is 0 Å². The van der Waals surface area contributed by atoms with E-state index in [-0.39, 0.29) is 0 Å². The average molecular weight is 649 g/mol. The summed E-state index contributed by atoms with van der Waals surface area (Å²) in [5.74, 6) is 0. The zero-order valence-electron chi connectivity index (χ0n) is 28.7. The second-order valence-corrected chi connectivity index (χ2v) is 51.6. The van der Waals surface area contributed by atoms with Gasteiger partial charge in [-0.3, -0.25) is 0 Å². The molecule has 5 rings (SSSR count). The first-order valence-corrected chi connectivity index (χ1v) is 29.9. The summed E-state index contributed by atoms with van der Waals surface area (Å²) in [6.45, 7) is 21.2. The molecule has 0 amide bonds. The Bertz CT molecular complexity index is 1230. The first-order valence-electron chi connectivity index (χ1n) is 17.6. The van der Waals surface area contributed by atoms with Gasteiger partial charge in [0.05, 0.1) is 28.4 Å². The molecule has 0 aromatic heterocycles. The van der Waals surface area contributed by atoms with Gasteiger partial charge in [0.2, 0.25) is 0 Å². The lowest BCUT2D eigenvalue weighted by Crippen LogP contribution is -3.19. The maximum Gasteiger partial charge on any atom is 0.0839 e. The minimum absolute atomic E-state index is 0.722. The Morgan fingerprint density at radius 2 is 0.477 bits per heavy atom. The smallest absolute Gasteiger partial charge is 0.0654 e. The topological polar surface area (TPSA) is 0 Å². The van der Waals surface area contributed by atoms with Crippen LogP contribution in [0.3, 0.4) is 0 Å². The van der Waals surface area contributed by atoms with Crippen LogP contribution in [0.5, 0.6) is 0 Å². The third-order valence-corrected chi connectivity index (χ3v) is 101. The molecular formula is C40H56Si4. The standard InChI is InChI=1S/C40H56Si4/c1-9-33(5)41(37-25-17-13-18-26-37)42(34(6)10-2,38-27-19-14-20-28-38)44(36(8)12-4,40-31-23-16-24-32-40)43(41,35(7)11-3)39-29-21-15-22-30-39/h13-36H,9-12H2,1-8H3. The van der Waals surface area contributed by atoms with Crippen molar-refractivity contribution < 1.29 is 0 Å². The van der Waals surface area contributed by atoms with Gasteiger partial charge in [-0.05, 0) is 22.2 Å². The fourth-order valence-corrected chi connectivity index (χ4v) is 159. The number of hydrogen-bond acceptors (Lipinski definition) is 0. The molecule has 1 aliphatic rings. The summed E-state index contributed by atoms with van der Waals surface area (Å²) in [6.07, 6.45) is 5.10. The molecule has 4 aromatic carbocycles. The predicted octanol–water partition coefficient (Wildman–Crippen LogP) is 8.94. The maximum atomic E-state index is 2.75. The highest BCUT2D eigenvalue weighted by molar-refractivity contribution is 8.21. The van der Waals surface area contributed by atoms with Gasteiger partial charge in [-0.1, -0.05) is 223 Å². The van der Waals surface area contributed by atoms with Crippen LogP contribution in [0.1, 0.15) is 81.1 Å². The van der Waals surface area contributed by atoms with Gasteiger partial charge in [0.15, 0.2) is 0 Å². The first-order chi connectivity index (χ1) is 21.3. The van der Waals surface area contributed by atoms with Crippen LogP contribution >= 0.6 is 0 Å². The Labute approximate surface area is 272 Å². The van der Waals surface area contributed by atoms with Crippen molar-refractivity contribution in [2.75, 3.05) is 0 Å². The molecule has 4 aromatic rings. The highest BCUT2D eigenvalue weighted by Crippen LogP contribution is 2.67. The quantitative estimate of drug-likeness (QED) is 0.135. The molecule has 4 atom stereocenters. The summed E-state index contributed by atoms with van der Waals surface area (Å²) in [7, 11) is -9.16. The summed E-state index contributed by atoms with van der Waals surface area (Å²) in [5, 5.41) is 7.23. The zero-order valence-corrected chi connectivity index (χ0v) is 32.7. The lowest BCUT2D eigenvalue weighted by molar-refractivity contribution is 0.809. The second kappa shape index (κ2) is 13.2. The monoisotopic (exact) mass is 648 g/mol. The SMILES string of the molecule is CCC(C)[Si]1(c2ccccc2)[Si](c2ccccc2)(C(C)CC)[Si](c2ccccc2)(C(C)CC)[Si]1(c1ccccc1)C(C)CC. The van der Waals surface area contributed by atoms with Gasteiger partial charge in [0.1, 0.15) is 0 Å². The van der Waals surface area contributed by atoms with E-state index < -0.39 is 28.4 Å². The fourth-order valence-electron chi connectivity index (χ4n) is 11.3. The second-order valence-electron chi connectivity index (χ2n) is 13.9. The molecule has 0 spiro atoms. The van der Waals surface area contributed by atoms with Crippen molar-refractivity contribution in [2.45, 2.75) is 103 Å². The van der Waals surface area contributed by atoms with E-state index in [4.69, 9.17) is 0 Å². The van der Waals surface area contributed by atoms with E-state index in [0.29, 0.717) is 0 Å². The van der Waals surface area contributed by atoms with Crippen LogP contribution in [-0.4, -0.2) is 28.4 Å². The summed E-state index contributed by atoms with van der Waals surface area (Å²) >= 11 is 0. The molecular weight excluding hydrogens is 593 g/mol. The van der Waals surface area contributed by atoms with E-state index in [1.807, 2.05) is 20.7 Å². The summed E-state index contributed by atoms with van der Waals surface area (Å²) in [4.78, 5) is 0. The highest BCUT2D eigenvalue weighted by Gasteiger charge is 2.94. The molecule has 232 valence electrons. The largest absolute Gasteiger partial charge is 0.0839 e. The lowest BCUT2D eigenvalue weighted by Gasteiger charge is -2.85. The molecule has 1 heterocycles. The van der Waals surface area contributed by atoms with Crippen LogP contribution in [0.4, 0.5) is 0 Å². The Morgan fingerprint density at radius 3 is 0.614 bits per heavy atom. The number of benzene rings is 4. The van der Waals surface area contributed by atoms with Crippen molar-refractivity contribution in [3.63, 3.8) is 0 Å². The minimum atomic E-state index is -2.29. The average Bonchev–Trinajstić information content (AvgIpc) is 3.09. The molecule has 4 heteroatoms. The minimum Gasteiger partial charge on any atom is -0.0654 e. The van der Waals surface area contributed by atoms with Crippen molar-refractivity contribution in [1.82, 2.24) is 0 Å². The highest BCUT2D eigenvalue weighted by atomic mass is 30.2. The molecule has 1 saturated heterocycles. The normalized spacial score (nSPS) is 29.3. The fraction of sp³-hybridized carbons (Fsp3) is 0.400. The van der Waals surface area contributed by atoms with Gasteiger partial charge in [-0.15, -0.1) is 0 Å². The summed E-state index contributed by atoms with van der Waals surface area (Å²) in [6, 6.07) is 49.6. The molecule has 4 unspecified atom stereocenters. The van der Waals surface area contributed by atoms with Gasteiger partial charge in [0, 0.05) is 0 Å². The molecule has 0 aliphatic carbocycles. The van der Waals surface area contributed by atoms with Crippen LogP contribution in [0.15, 0.2) is 121 Å². The molecule has 0 saturated carbocycles. The van der Waals surface area contributed by atoms with Crippen LogP contribution < -0.4 is 20.7 Å². The Kier molecular flexibility index (Phi) is 9.96. The van der Waals surface area contributed by atoms with Gasteiger partial charge in [0.25, 0.3) is 0 Å². The summed E-state index contributed by atoms with van der Waals surface area (Å²) < 4.78 is 0. The third kappa shape index (κ3) is 4.03. The molecule has 1 fully saturated rings. The number of hydrogen-bond donors (Lipinski definition) is 0. The predicted molar refractivity (Wildman–Crippen MR) is 206 cm³/mol. The van der Waals surface area contributed by atoms with Gasteiger partial charge < -0.3 is 0 Å². The Hall–Kier alpha value is -2.25. The molecule has 44 heavy (non-hydrogen) atoms. The summed E-state index contributed by atoms with van der Waals surface area (Å²) in [5.41, 5.74) is 2.89. The van der Waals surface area contributed by atoms with E-state index in [0.717, 1.165) is 22.2 Å². The van der Waals surface area contributed by atoms with E-state index in [1.54, 1.807) is 0 Å². The molecule has 0 radical (unpaired) electrons.